The van der Waals surface area contributed by atoms with E-state index in [4.69, 9.17) is 10.5 Å². The Labute approximate surface area is 134 Å². The summed E-state index contributed by atoms with van der Waals surface area (Å²) in [5.74, 6) is -0.302. The summed E-state index contributed by atoms with van der Waals surface area (Å²) in [7, 11) is 1.86. The van der Waals surface area contributed by atoms with E-state index in [1.54, 1.807) is 12.1 Å². The SMILES string of the molecule is CN[C@](N)(CCC(C)(C)C)c1ccc(C(=O)OC(C)C)cc1. The molecule has 4 heteroatoms. The second-order valence-corrected chi connectivity index (χ2v) is 7.31. The second-order valence-electron chi connectivity index (χ2n) is 7.31. The third kappa shape index (κ3) is 5.43. The van der Waals surface area contributed by atoms with Crippen LogP contribution in [0.25, 0.3) is 0 Å². The van der Waals surface area contributed by atoms with Crippen LogP contribution in [0.5, 0.6) is 0 Å². The van der Waals surface area contributed by atoms with E-state index in [0.29, 0.717) is 5.56 Å². The lowest BCUT2D eigenvalue weighted by Gasteiger charge is -2.32. The molecule has 0 saturated heterocycles. The molecule has 0 aromatic heterocycles. The molecule has 0 unspecified atom stereocenters. The van der Waals surface area contributed by atoms with Crippen LogP contribution in [-0.4, -0.2) is 19.1 Å². The van der Waals surface area contributed by atoms with Crippen LogP contribution in [0.3, 0.4) is 0 Å². The maximum absolute atomic E-state index is 11.9. The maximum atomic E-state index is 11.9. The van der Waals surface area contributed by atoms with E-state index in [0.717, 1.165) is 18.4 Å². The van der Waals surface area contributed by atoms with Gasteiger partial charge < -0.3 is 10.5 Å². The van der Waals surface area contributed by atoms with Crippen LogP contribution < -0.4 is 11.1 Å². The summed E-state index contributed by atoms with van der Waals surface area (Å²) >= 11 is 0. The fourth-order valence-electron chi connectivity index (χ4n) is 2.17. The molecular formula is C18H30N2O2. The molecule has 0 spiro atoms. The average Bonchev–Trinajstić information content (AvgIpc) is 2.43. The van der Waals surface area contributed by atoms with Crippen molar-refractivity contribution in [3.05, 3.63) is 35.4 Å². The highest BCUT2D eigenvalue weighted by Crippen LogP contribution is 2.28. The molecule has 0 fully saturated rings. The molecule has 1 rings (SSSR count). The quantitative estimate of drug-likeness (QED) is 0.624. The van der Waals surface area contributed by atoms with Gasteiger partial charge in [0.25, 0.3) is 0 Å². The van der Waals surface area contributed by atoms with E-state index in [1.165, 1.54) is 0 Å². The number of hydrogen-bond donors (Lipinski definition) is 2. The van der Waals surface area contributed by atoms with E-state index in [9.17, 15) is 4.79 Å². The molecule has 0 aliphatic heterocycles. The summed E-state index contributed by atoms with van der Waals surface area (Å²) in [6, 6.07) is 7.35. The summed E-state index contributed by atoms with van der Waals surface area (Å²) in [6.07, 6.45) is 1.70. The van der Waals surface area contributed by atoms with E-state index in [1.807, 2.05) is 33.0 Å². The fraction of sp³-hybridized carbons (Fsp3) is 0.611. The lowest BCUT2D eigenvalue weighted by atomic mass is 9.84. The molecule has 124 valence electrons. The van der Waals surface area contributed by atoms with Gasteiger partial charge in [-0.25, -0.2) is 4.79 Å². The average molecular weight is 306 g/mol. The third-order valence-electron chi connectivity index (χ3n) is 3.69. The van der Waals surface area contributed by atoms with E-state index < -0.39 is 5.66 Å². The van der Waals surface area contributed by atoms with Crippen LogP contribution >= 0.6 is 0 Å². The van der Waals surface area contributed by atoms with Gasteiger partial charge in [0, 0.05) is 0 Å². The van der Waals surface area contributed by atoms with Crippen LogP contribution in [0.1, 0.15) is 63.4 Å². The van der Waals surface area contributed by atoms with Gasteiger partial charge in [-0.1, -0.05) is 32.9 Å². The molecule has 0 amide bonds. The van der Waals surface area contributed by atoms with Crippen LogP contribution in [-0.2, 0) is 10.4 Å². The summed E-state index contributed by atoms with van der Waals surface area (Å²) in [4.78, 5) is 11.9. The van der Waals surface area contributed by atoms with Gasteiger partial charge in [-0.3, -0.25) is 5.32 Å². The maximum Gasteiger partial charge on any atom is 0.338 e. The number of esters is 1. The molecule has 1 aromatic rings. The molecule has 22 heavy (non-hydrogen) atoms. The van der Waals surface area contributed by atoms with Crippen LogP contribution in [0, 0.1) is 5.41 Å². The number of benzene rings is 1. The molecule has 0 aliphatic rings. The smallest absolute Gasteiger partial charge is 0.338 e. The zero-order valence-corrected chi connectivity index (χ0v) is 14.7. The molecule has 0 heterocycles. The summed E-state index contributed by atoms with van der Waals surface area (Å²) in [6.45, 7) is 10.3. The minimum atomic E-state index is -0.590. The first-order valence-corrected chi connectivity index (χ1v) is 7.87. The normalized spacial score (nSPS) is 14.7. The van der Waals surface area contributed by atoms with Crippen molar-refractivity contribution in [2.75, 3.05) is 7.05 Å². The molecule has 4 nitrogen and oxygen atoms in total. The zero-order valence-electron chi connectivity index (χ0n) is 14.7. The summed E-state index contributed by atoms with van der Waals surface area (Å²) < 4.78 is 5.19. The highest BCUT2D eigenvalue weighted by atomic mass is 16.5. The lowest BCUT2D eigenvalue weighted by Crippen LogP contribution is -2.49. The number of carbonyl (C=O) groups is 1. The minimum Gasteiger partial charge on any atom is -0.459 e. The van der Waals surface area contributed by atoms with Crippen molar-refractivity contribution in [2.24, 2.45) is 11.1 Å². The number of carbonyl (C=O) groups excluding carboxylic acids is 1. The van der Waals surface area contributed by atoms with Crippen molar-refractivity contribution < 1.29 is 9.53 Å². The number of hydrogen-bond acceptors (Lipinski definition) is 4. The first kappa shape index (κ1) is 18.7. The predicted molar refractivity (Wildman–Crippen MR) is 90.6 cm³/mol. The second kappa shape index (κ2) is 7.25. The highest BCUT2D eigenvalue weighted by Gasteiger charge is 2.27. The largest absolute Gasteiger partial charge is 0.459 e. The van der Waals surface area contributed by atoms with Gasteiger partial charge in [0.15, 0.2) is 0 Å². The molecular weight excluding hydrogens is 276 g/mol. The Morgan fingerprint density at radius 1 is 1.18 bits per heavy atom. The molecule has 1 atom stereocenters. The number of rotatable bonds is 6. The first-order chi connectivity index (χ1) is 10.1. The molecule has 0 radical (unpaired) electrons. The van der Waals surface area contributed by atoms with Crippen molar-refractivity contribution >= 4 is 5.97 Å². The van der Waals surface area contributed by atoms with Gasteiger partial charge in [0.05, 0.1) is 17.3 Å². The summed E-state index contributed by atoms with van der Waals surface area (Å²) in [5.41, 5.74) is 7.66. The lowest BCUT2D eigenvalue weighted by molar-refractivity contribution is 0.0378. The van der Waals surface area contributed by atoms with Crippen molar-refractivity contribution in [1.82, 2.24) is 5.32 Å². The first-order valence-electron chi connectivity index (χ1n) is 7.87. The highest BCUT2D eigenvalue weighted by molar-refractivity contribution is 5.89. The Morgan fingerprint density at radius 3 is 2.14 bits per heavy atom. The Balaban J connectivity index is 2.88. The van der Waals surface area contributed by atoms with E-state index in [-0.39, 0.29) is 17.5 Å². The van der Waals surface area contributed by atoms with Gasteiger partial charge in [0.2, 0.25) is 0 Å². The van der Waals surface area contributed by atoms with Crippen LogP contribution in [0.2, 0.25) is 0 Å². The van der Waals surface area contributed by atoms with Crippen molar-refractivity contribution in [1.29, 1.82) is 0 Å². The van der Waals surface area contributed by atoms with Crippen LogP contribution in [0.4, 0.5) is 0 Å². The van der Waals surface area contributed by atoms with Gasteiger partial charge in [-0.2, -0.15) is 0 Å². The molecule has 0 aliphatic carbocycles. The van der Waals surface area contributed by atoms with Crippen molar-refractivity contribution in [2.45, 2.75) is 59.2 Å². The Kier molecular flexibility index (Phi) is 6.15. The molecule has 0 bridgehead atoms. The molecule has 1 aromatic carbocycles. The van der Waals surface area contributed by atoms with Crippen molar-refractivity contribution in [3.8, 4) is 0 Å². The van der Waals surface area contributed by atoms with Gasteiger partial charge >= 0.3 is 5.97 Å². The Hall–Kier alpha value is -1.39. The summed E-state index contributed by atoms with van der Waals surface area (Å²) in [5, 5.41) is 3.21. The standard InChI is InChI=1S/C18H30N2O2/c1-13(2)22-16(21)14-7-9-15(10-8-14)18(19,20-6)12-11-17(3,4)5/h7-10,13,20H,11-12,19H2,1-6H3/t18-/m1/s1. The van der Waals surface area contributed by atoms with Gasteiger partial charge in [-0.05, 0) is 56.8 Å². The van der Waals surface area contributed by atoms with Crippen molar-refractivity contribution in [3.63, 3.8) is 0 Å². The number of ether oxygens (including phenoxy) is 1. The number of nitrogens with one attached hydrogen (secondary N) is 1. The predicted octanol–water partition coefficient (Wildman–Crippen LogP) is 3.41. The third-order valence-corrected chi connectivity index (χ3v) is 3.69. The van der Waals surface area contributed by atoms with Gasteiger partial charge in [-0.15, -0.1) is 0 Å². The fourth-order valence-corrected chi connectivity index (χ4v) is 2.17. The monoisotopic (exact) mass is 306 g/mol. The minimum absolute atomic E-state index is 0.120. The topological polar surface area (TPSA) is 64.3 Å². The Bertz CT molecular complexity index is 489. The zero-order chi connectivity index (χ0) is 17.0. The number of nitrogens with two attached hydrogens (primary N) is 1. The molecule has 3 N–H and O–H groups in total. The van der Waals surface area contributed by atoms with E-state index in [2.05, 4.69) is 26.1 Å². The van der Waals surface area contributed by atoms with E-state index >= 15 is 0 Å². The Morgan fingerprint density at radius 2 is 1.73 bits per heavy atom. The van der Waals surface area contributed by atoms with Crippen LogP contribution in [0.15, 0.2) is 24.3 Å². The molecule has 0 saturated carbocycles. The van der Waals surface area contributed by atoms with Gasteiger partial charge in [0.1, 0.15) is 0 Å².